The van der Waals surface area contributed by atoms with Crippen LogP contribution in [0.3, 0.4) is 0 Å². The maximum absolute atomic E-state index is 6.30. The molecule has 2 heterocycles. The van der Waals surface area contributed by atoms with Crippen molar-refractivity contribution in [3.05, 3.63) is 59.4 Å². The van der Waals surface area contributed by atoms with E-state index < -0.39 is 0 Å². The first-order valence-electron chi connectivity index (χ1n) is 9.25. The second-order valence-corrected chi connectivity index (χ2v) is 7.96. The van der Waals surface area contributed by atoms with Gasteiger partial charge in [0.05, 0.1) is 5.60 Å². The number of aromatic nitrogens is 1. The minimum atomic E-state index is 0. The summed E-state index contributed by atoms with van der Waals surface area (Å²) >= 11 is 6.14. The van der Waals surface area contributed by atoms with E-state index in [9.17, 15) is 0 Å². The van der Waals surface area contributed by atoms with E-state index in [2.05, 4.69) is 23.5 Å². The Labute approximate surface area is 166 Å². The summed E-state index contributed by atoms with van der Waals surface area (Å²) in [5, 5.41) is 4.38. The Balaban J connectivity index is 0.00000196. The Morgan fingerprint density at radius 1 is 1.08 bits per heavy atom. The van der Waals surface area contributed by atoms with E-state index in [-0.39, 0.29) is 23.4 Å². The number of hydrogen-bond donors (Lipinski definition) is 1. The van der Waals surface area contributed by atoms with Crippen molar-refractivity contribution in [3.63, 3.8) is 0 Å². The minimum absolute atomic E-state index is 0. The molecule has 0 bridgehead atoms. The van der Waals surface area contributed by atoms with Crippen molar-refractivity contribution >= 4 is 29.7 Å². The van der Waals surface area contributed by atoms with E-state index in [0.717, 1.165) is 36.7 Å². The largest absolute Gasteiger partial charge is 0.384 e. The number of pyridine rings is 1. The van der Waals surface area contributed by atoms with Gasteiger partial charge in [-0.3, -0.25) is 4.98 Å². The van der Waals surface area contributed by atoms with Crippen LogP contribution in [0.5, 0.6) is 0 Å². The first-order chi connectivity index (χ1) is 12.2. The van der Waals surface area contributed by atoms with Crippen LogP contribution in [-0.2, 0) is 10.2 Å². The van der Waals surface area contributed by atoms with E-state index in [4.69, 9.17) is 21.3 Å². The zero-order chi connectivity index (χ0) is 17.2. The molecule has 1 unspecified atom stereocenters. The van der Waals surface area contributed by atoms with Crippen LogP contribution < -0.4 is 5.32 Å². The predicted molar refractivity (Wildman–Crippen MR) is 109 cm³/mol. The lowest BCUT2D eigenvalue weighted by molar-refractivity contribution is -0.100. The molecule has 1 N–H and O–H groups in total. The molecule has 140 valence electrons. The minimum Gasteiger partial charge on any atom is -0.384 e. The van der Waals surface area contributed by atoms with Gasteiger partial charge in [-0.15, -0.1) is 12.4 Å². The fraction of sp³-hybridized carbons (Fsp3) is 0.476. The van der Waals surface area contributed by atoms with Crippen LogP contribution in [0, 0.1) is 0 Å². The molecule has 0 radical (unpaired) electrons. The van der Waals surface area contributed by atoms with Crippen molar-refractivity contribution < 1.29 is 4.74 Å². The zero-order valence-electron chi connectivity index (χ0n) is 14.9. The summed E-state index contributed by atoms with van der Waals surface area (Å²) in [5.41, 5.74) is 2.30. The highest BCUT2D eigenvalue weighted by molar-refractivity contribution is 6.30. The molecule has 2 fully saturated rings. The zero-order valence-corrected chi connectivity index (χ0v) is 16.5. The molecule has 1 saturated carbocycles. The van der Waals surface area contributed by atoms with Crippen molar-refractivity contribution in [3.8, 4) is 0 Å². The molecule has 1 aliphatic heterocycles. The first-order valence-corrected chi connectivity index (χ1v) is 9.63. The number of anilines is 1. The summed E-state index contributed by atoms with van der Waals surface area (Å²) in [6.45, 7) is 1.67. The highest BCUT2D eigenvalue weighted by Gasteiger charge is 2.48. The summed E-state index contributed by atoms with van der Waals surface area (Å²) in [4.78, 5) is 4.74. The molecule has 1 spiro atoms. The van der Waals surface area contributed by atoms with Gasteiger partial charge in [-0.1, -0.05) is 36.6 Å². The molecule has 3 nitrogen and oxygen atoms in total. The predicted octanol–water partition coefficient (Wildman–Crippen LogP) is 5.63. The van der Waals surface area contributed by atoms with Gasteiger partial charge < -0.3 is 10.1 Å². The van der Waals surface area contributed by atoms with Gasteiger partial charge in [0.2, 0.25) is 0 Å². The van der Waals surface area contributed by atoms with Crippen molar-refractivity contribution in [2.24, 2.45) is 0 Å². The SMILES string of the molecule is Cl.Clc1cccc(NCC2(c3ccccn3)CCOC3(CCCC3)C2)c1. The van der Waals surface area contributed by atoms with Crippen LogP contribution in [-0.4, -0.2) is 23.7 Å². The standard InChI is InChI=1S/C21H25ClN2O.ClH/c22-17-6-5-7-18(14-17)24-16-20(19-8-1-4-12-23-19)11-13-25-21(15-20)9-2-3-10-21;/h1,4-8,12,14,24H,2-3,9-11,13,15-16H2;1H. The second kappa shape index (κ2) is 8.16. The number of halogens is 2. The van der Waals surface area contributed by atoms with Crippen LogP contribution in [0.25, 0.3) is 0 Å². The Morgan fingerprint density at radius 2 is 1.92 bits per heavy atom. The van der Waals surface area contributed by atoms with Crippen LogP contribution in [0.4, 0.5) is 5.69 Å². The average Bonchev–Trinajstić information content (AvgIpc) is 3.08. The molecule has 1 saturated heterocycles. The molecule has 0 amide bonds. The molecule has 1 aliphatic carbocycles. The third-order valence-electron chi connectivity index (χ3n) is 5.83. The number of ether oxygens (including phenoxy) is 1. The second-order valence-electron chi connectivity index (χ2n) is 7.52. The maximum atomic E-state index is 6.30. The van der Waals surface area contributed by atoms with Crippen molar-refractivity contribution in [1.29, 1.82) is 0 Å². The summed E-state index contributed by atoms with van der Waals surface area (Å²) < 4.78 is 6.30. The maximum Gasteiger partial charge on any atom is 0.0692 e. The molecule has 2 aliphatic rings. The fourth-order valence-electron chi connectivity index (χ4n) is 4.57. The number of hydrogen-bond acceptors (Lipinski definition) is 3. The number of nitrogens with zero attached hydrogens (tertiary/aromatic N) is 1. The van der Waals surface area contributed by atoms with Crippen LogP contribution in [0.1, 0.15) is 44.2 Å². The van der Waals surface area contributed by atoms with Gasteiger partial charge in [0.25, 0.3) is 0 Å². The third-order valence-corrected chi connectivity index (χ3v) is 6.06. The van der Waals surface area contributed by atoms with Gasteiger partial charge in [0.15, 0.2) is 0 Å². The van der Waals surface area contributed by atoms with Gasteiger partial charge >= 0.3 is 0 Å². The molecule has 1 atom stereocenters. The summed E-state index contributed by atoms with van der Waals surface area (Å²) in [6, 6.07) is 14.2. The van der Waals surface area contributed by atoms with Crippen LogP contribution in [0.15, 0.2) is 48.7 Å². The van der Waals surface area contributed by atoms with E-state index in [1.54, 1.807) is 0 Å². The molecule has 1 aromatic heterocycles. The summed E-state index contributed by atoms with van der Waals surface area (Å²) in [7, 11) is 0. The van der Waals surface area contributed by atoms with Gasteiger partial charge in [0, 0.05) is 41.2 Å². The van der Waals surface area contributed by atoms with Crippen molar-refractivity contribution in [1.82, 2.24) is 4.98 Å². The highest BCUT2D eigenvalue weighted by Crippen LogP contribution is 2.48. The Morgan fingerprint density at radius 3 is 2.65 bits per heavy atom. The highest BCUT2D eigenvalue weighted by atomic mass is 35.5. The smallest absolute Gasteiger partial charge is 0.0692 e. The van der Waals surface area contributed by atoms with Gasteiger partial charge in [-0.05, 0) is 56.0 Å². The van der Waals surface area contributed by atoms with Crippen molar-refractivity contribution in [2.45, 2.75) is 49.5 Å². The molecule has 1 aromatic carbocycles. The molecule has 26 heavy (non-hydrogen) atoms. The Bertz CT molecular complexity index is 719. The summed E-state index contributed by atoms with van der Waals surface area (Å²) in [6.07, 6.45) is 8.87. The van der Waals surface area contributed by atoms with Crippen LogP contribution >= 0.6 is 24.0 Å². The fourth-order valence-corrected chi connectivity index (χ4v) is 4.76. The lowest BCUT2D eigenvalue weighted by Crippen LogP contribution is -2.49. The van der Waals surface area contributed by atoms with Gasteiger partial charge in [-0.2, -0.15) is 0 Å². The molecule has 2 aromatic rings. The Hall–Kier alpha value is -1.29. The average molecular weight is 393 g/mol. The third kappa shape index (κ3) is 4.00. The van der Waals surface area contributed by atoms with E-state index in [1.807, 2.05) is 30.5 Å². The van der Waals surface area contributed by atoms with E-state index in [0.29, 0.717) is 0 Å². The molecule has 4 rings (SSSR count). The molecular weight excluding hydrogens is 367 g/mol. The number of benzene rings is 1. The monoisotopic (exact) mass is 392 g/mol. The first kappa shape index (κ1) is 19.5. The number of nitrogens with one attached hydrogen (secondary N) is 1. The Kier molecular flexibility index (Phi) is 6.11. The molecular formula is C21H26Cl2N2O. The van der Waals surface area contributed by atoms with Gasteiger partial charge in [-0.25, -0.2) is 0 Å². The normalized spacial score (nSPS) is 24.2. The number of rotatable bonds is 4. The lowest BCUT2D eigenvalue weighted by Gasteiger charge is -2.46. The lowest BCUT2D eigenvalue weighted by atomic mass is 9.69. The van der Waals surface area contributed by atoms with Gasteiger partial charge in [0.1, 0.15) is 0 Å². The van der Waals surface area contributed by atoms with Crippen LogP contribution in [0.2, 0.25) is 5.02 Å². The molecule has 5 heteroatoms. The quantitative estimate of drug-likeness (QED) is 0.731. The van der Waals surface area contributed by atoms with Crippen molar-refractivity contribution in [2.75, 3.05) is 18.5 Å². The van der Waals surface area contributed by atoms with E-state index in [1.165, 1.54) is 31.4 Å². The van der Waals surface area contributed by atoms with E-state index >= 15 is 0 Å². The topological polar surface area (TPSA) is 34.2 Å². The summed E-state index contributed by atoms with van der Waals surface area (Å²) in [5.74, 6) is 0.